The first kappa shape index (κ1) is 11.6. The van der Waals surface area contributed by atoms with Crippen molar-refractivity contribution in [3.63, 3.8) is 0 Å². The molecule has 0 amide bonds. The van der Waals surface area contributed by atoms with Crippen LogP contribution in [0.25, 0.3) is 0 Å². The summed E-state index contributed by atoms with van der Waals surface area (Å²) in [5, 5.41) is 9.31. The maximum Gasteiger partial charge on any atom is 0.130 e. The molecule has 0 atom stereocenters. The molecule has 0 aliphatic carbocycles. The van der Waals surface area contributed by atoms with Crippen LogP contribution in [0.2, 0.25) is 0 Å². The van der Waals surface area contributed by atoms with Crippen LogP contribution in [0.3, 0.4) is 0 Å². The number of thiophene rings is 1. The molecule has 0 saturated heterocycles. The Kier molecular flexibility index (Phi) is 3.39. The predicted octanol–water partition coefficient (Wildman–Crippen LogP) is 2.75. The molecule has 17 heavy (non-hydrogen) atoms. The van der Waals surface area contributed by atoms with Crippen LogP contribution in [0.1, 0.15) is 10.4 Å². The largest absolute Gasteiger partial charge is 0.487 e. The molecule has 1 heterocycles. The summed E-state index contributed by atoms with van der Waals surface area (Å²) in [5.41, 5.74) is 5.65. The molecule has 0 aliphatic heterocycles. The molecule has 0 bridgehead atoms. The summed E-state index contributed by atoms with van der Waals surface area (Å²) in [5.74, 6) is -0.211. The van der Waals surface area contributed by atoms with E-state index in [1.54, 1.807) is 11.3 Å². The first-order valence-corrected chi connectivity index (χ1v) is 5.84. The number of rotatable bonds is 4. The van der Waals surface area contributed by atoms with E-state index in [-0.39, 0.29) is 11.4 Å². The number of ether oxygens (including phenoxy) is 1. The van der Waals surface area contributed by atoms with Gasteiger partial charge in [0.25, 0.3) is 0 Å². The van der Waals surface area contributed by atoms with Gasteiger partial charge >= 0.3 is 0 Å². The molecule has 0 saturated carbocycles. The average Bonchev–Trinajstić information content (AvgIpc) is 2.80. The number of benzene rings is 1. The SMILES string of the molecule is N=C(N)c1cc(F)ccc1OCc1cccs1. The Bertz CT molecular complexity index is 525. The fourth-order valence-corrected chi connectivity index (χ4v) is 2.00. The van der Waals surface area contributed by atoms with E-state index < -0.39 is 5.82 Å². The Hall–Kier alpha value is -1.88. The first-order chi connectivity index (χ1) is 8.16. The predicted molar refractivity (Wildman–Crippen MR) is 66.1 cm³/mol. The van der Waals surface area contributed by atoms with E-state index in [2.05, 4.69) is 0 Å². The molecule has 3 N–H and O–H groups in total. The molecule has 1 aromatic heterocycles. The van der Waals surface area contributed by atoms with Gasteiger partial charge in [-0.2, -0.15) is 0 Å². The molecular formula is C12H11FN2OS. The van der Waals surface area contributed by atoms with Crippen molar-refractivity contribution in [2.24, 2.45) is 5.73 Å². The van der Waals surface area contributed by atoms with E-state index in [1.165, 1.54) is 18.2 Å². The van der Waals surface area contributed by atoms with E-state index >= 15 is 0 Å². The van der Waals surface area contributed by atoms with Crippen molar-refractivity contribution in [2.75, 3.05) is 0 Å². The zero-order valence-corrected chi connectivity index (χ0v) is 9.76. The normalized spacial score (nSPS) is 10.2. The molecule has 0 unspecified atom stereocenters. The zero-order valence-electron chi connectivity index (χ0n) is 8.94. The van der Waals surface area contributed by atoms with Crippen molar-refractivity contribution in [3.8, 4) is 5.75 Å². The lowest BCUT2D eigenvalue weighted by Crippen LogP contribution is -2.13. The smallest absolute Gasteiger partial charge is 0.130 e. The summed E-state index contributed by atoms with van der Waals surface area (Å²) in [7, 11) is 0. The van der Waals surface area contributed by atoms with Crippen LogP contribution in [-0.2, 0) is 6.61 Å². The number of halogens is 1. The maximum atomic E-state index is 13.0. The van der Waals surface area contributed by atoms with Crippen molar-refractivity contribution < 1.29 is 9.13 Å². The summed E-state index contributed by atoms with van der Waals surface area (Å²) in [6.45, 7) is 0.392. The van der Waals surface area contributed by atoms with E-state index in [1.807, 2.05) is 17.5 Å². The second-order valence-electron chi connectivity index (χ2n) is 3.42. The zero-order chi connectivity index (χ0) is 12.3. The number of hydrogen-bond donors (Lipinski definition) is 2. The number of nitrogens with one attached hydrogen (secondary N) is 1. The number of nitrogen functional groups attached to an aromatic ring is 1. The Labute approximate surface area is 102 Å². The van der Waals surface area contributed by atoms with Crippen LogP contribution < -0.4 is 10.5 Å². The van der Waals surface area contributed by atoms with Crippen LogP contribution in [0.5, 0.6) is 5.75 Å². The number of nitrogens with two attached hydrogens (primary N) is 1. The molecule has 3 nitrogen and oxygen atoms in total. The van der Waals surface area contributed by atoms with Crippen LogP contribution in [0, 0.1) is 11.2 Å². The molecule has 1 aromatic carbocycles. The monoisotopic (exact) mass is 250 g/mol. The Balaban J connectivity index is 2.17. The summed E-state index contributed by atoms with van der Waals surface area (Å²) in [4.78, 5) is 1.06. The van der Waals surface area contributed by atoms with Gasteiger partial charge in [0.05, 0.1) is 5.56 Å². The van der Waals surface area contributed by atoms with E-state index in [0.717, 1.165) is 4.88 Å². The van der Waals surface area contributed by atoms with Gasteiger partial charge in [0.1, 0.15) is 24.0 Å². The van der Waals surface area contributed by atoms with Crippen molar-refractivity contribution in [1.29, 1.82) is 5.41 Å². The standard InChI is InChI=1S/C12H11FN2OS/c13-8-3-4-11(10(6-8)12(14)15)16-7-9-2-1-5-17-9/h1-6H,7H2,(H3,14,15). The lowest BCUT2D eigenvalue weighted by atomic mass is 10.2. The molecule has 2 aromatic rings. The summed E-state index contributed by atoms with van der Waals surface area (Å²) >= 11 is 1.58. The Morgan fingerprint density at radius 3 is 2.88 bits per heavy atom. The minimum atomic E-state index is -0.432. The van der Waals surface area contributed by atoms with Crippen LogP contribution in [-0.4, -0.2) is 5.84 Å². The maximum absolute atomic E-state index is 13.0. The molecule has 0 aliphatic rings. The fourth-order valence-electron chi connectivity index (χ4n) is 1.38. The molecule has 0 radical (unpaired) electrons. The highest BCUT2D eigenvalue weighted by molar-refractivity contribution is 7.09. The topological polar surface area (TPSA) is 59.1 Å². The molecule has 88 valence electrons. The van der Waals surface area contributed by atoms with Gasteiger partial charge in [-0.1, -0.05) is 6.07 Å². The lowest BCUT2D eigenvalue weighted by molar-refractivity contribution is 0.308. The second kappa shape index (κ2) is 4.97. The number of hydrogen-bond acceptors (Lipinski definition) is 3. The molecular weight excluding hydrogens is 239 g/mol. The van der Waals surface area contributed by atoms with Gasteiger partial charge in [-0.05, 0) is 29.6 Å². The fraction of sp³-hybridized carbons (Fsp3) is 0.0833. The van der Waals surface area contributed by atoms with Crippen LogP contribution >= 0.6 is 11.3 Å². The van der Waals surface area contributed by atoms with Crippen molar-refractivity contribution in [3.05, 3.63) is 52.0 Å². The van der Waals surface area contributed by atoms with E-state index in [4.69, 9.17) is 15.9 Å². The Morgan fingerprint density at radius 2 is 2.24 bits per heavy atom. The third-order valence-electron chi connectivity index (χ3n) is 2.18. The first-order valence-electron chi connectivity index (χ1n) is 4.96. The van der Waals surface area contributed by atoms with Gasteiger partial charge in [-0.25, -0.2) is 4.39 Å². The Morgan fingerprint density at radius 1 is 1.41 bits per heavy atom. The van der Waals surface area contributed by atoms with Crippen LogP contribution in [0.4, 0.5) is 4.39 Å². The van der Waals surface area contributed by atoms with Crippen LogP contribution in [0.15, 0.2) is 35.7 Å². The lowest BCUT2D eigenvalue weighted by Gasteiger charge is -2.09. The van der Waals surface area contributed by atoms with E-state index in [9.17, 15) is 4.39 Å². The highest BCUT2D eigenvalue weighted by atomic mass is 32.1. The van der Waals surface area contributed by atoms with E-state index in [0.29, 0.717) is 12.4 Å². The minimum absolute atomic E-state index is 0.203. The second-order valence-corrected chi connectivity index (χ2v) is 4.45. The highest BCUT2D eigenvalue weighted by Crippen LogP contribution is 2.21. The van der Waals surface area contributed by atoms with Gasteiger partial charge in [-0.3, -0.25) is 5.41 Å². The molecule has 5 heteroatoms. The quantitative estimate of drug-likeness (QED) is 0.647. The number of amidine groups is 1. The van der Waals surface area contributed by atoms with Gasteiger partial charge in [0.15, 0.2) is 0 Å². The van der Waals surface area contributed by atoms with Gasteiger partial charge in [-0.15, -0.1) is 11.3 Å². The van der Waals surface area contributed by atoms with Crippen molar-refractivity contribution in [2.45, 2.75) is 6.61 Å². The van der Waals surface area contributed by atoms with Gasteiger partial charge in [0.2, 0.25) is 0 Å². The van der Waals surface area contributed by atoms with Gasteiger partial charge in [0, 0.05) is 4.88 Å². The minimum Gasteiger partial charge on any atom is -0.487 e. The average molecular weight is 250 g/mol. The van der Waals surface area contributed by atoms with Crippen molar-refractivity contribution in [1.82, 2.24) is 0 Å². The van der Waals surface area contributed by atoms with Gasteiger partial charge < -0.3 is 10.5 Å². The highest BCUT2D eigenvalue weighted by Gasteiger charge is 2.08. The summed E-state index contributed by atoms with van der Waals surface area (Å²) in [6, 6.07) is 7.85. The third-order valence-corrected chi connectivity index (χ3v) is 3.03. The molecule has 0 fully saturated rings. The van der Waals surface area contributed by atoms with Crippen molar-refractivity contribution >= 4 is 17.2 Å². The third kappa shape index (κ3) is 2.82. The molecule has 0 spiro atoms. The molecule has 2 rings (SSSR count). The summed E-state index contributed by atoms with van der Waals surface area (Å²) in [6.07, 6.45) is 0. The summed E-state index contributed by atoms with van der Waals surface area (Å²) < 4.78 is 18.5.